The Hall–Kier alpha value is -2.37. The monoisotopic (exact) mass is 291 g/mol. The van der Waals surface area contributed by atoms with Crippen LogP contribution in [-0.4, -0.2) is 44.0 Å². The Morgan fingerprint density at radius 2 is 1.67 bits per heavy atom. The highest BCUT2D eigenvalue weighted by Crippen LogP contribution is 2.45. The smallest absolute Gasteiger partial charge is 0.325 e. The molecule has 0 bridgehead atoms. The molecule has 1 heterocycles. The highest BCUT2D eigenvalue weighted by Gasteiger charge is 2.56. The van der Waals surface area contributed by atoms with Crippen LogP contribution < -0.4 is 0 Å². The van der Waals surface area contributed by atoms with Gasteiger partial charge in [0.15, 0.2) is 5.41 Å². The molecule has 1 aromatic rings. The number of fused-ring (bicyclic) bond motifs is 1. The van der Waals surface area contributed by atoms with Crippen molar-refractivity contribution < 1.29 is 23.9 Å². The van der Waals surface area contributed by atoms with Gasteiger partial charge in [-0.15, -0.1) is 0 Å². The van der Waals surface area contributed by atoms with Crippen molar-refractivity contribution in [1.82, 2.24) is 4.90 Å². The van der Waals surface area contributed by atoms with Crippen LogP contribution in [-0.2, 0) is 19.1 Å². The van der Waals surface area contributed by atoms with Gasteiger partial charge in [-0.05, 0) is 18.6 Å². The third-order valence-corrected chi connectivity index (χ3v) is 3.96. The zero-order valence-electron chi connectivity index (χ0n) is 12.4. The number of nitrogens with zero attached hydrogens (tertiary/aromatic N) is 1. The molecule has 0 aromatic heterocycles. The van der Waals surface area contributed by atoms with E-state index in [0.29, 0.717) is 11.1 Å². The van der Waals surface area contributed by atoms with Gasteiger partial charge in [0, 0.05) is 12.6 Å². The average molecular weight is 291 g/mol. The van der Waals surface area contributed by atoms with E-state index in [2.05, 4.69) is 0 Å². The topological polar surface area (TPSA) is 72.9 Å². The van der Waals surface area contributed by atoms with E-state index >= 15 is 0 Å². The summed E-state index contributed by atoms with van der Waals surface area (Å²) in [7, 11) is 3.95. The number of amides is 1. The molecule has 1 aliphatic rings. The molecule has 0 saturated heterocycles. The fourth-order valence-electron chi connectivity index (χ4n) is 2.88. The zero-order valence-corrected chi connectivity index (χ0v) is 12.4. The van der Waals surface area contributed by atoms with Crippen LogP contribution in [0.3, 0.4) is 0 Å². The number of esters is 2. The van der Waals surface area contributed by atoms with Gasteiger partial charge < -0.3 is 14.4 Å². The molecular formula is C15H17NO5. The lowest BCUT2D eigenvalue weighted by atomic mass is 9.78. The van der Waals surface area contributed by atoms with Crippen molar-refractivity contribution in [3.63, 3.8) is 0 Å². The van der Waals surface area contributed by atoms with E-state index in [1.54, 1.807) is 31.3 Å². The van der Waals surface area contributed by atoms with Gasteiger partial charge >= 0.3 is 11.9 Å². The van der Waals surface area contributed by atoms with Crippen molar-refractivity contribution >= 4 is 17.8 Å². The summed E-state index contributed by atoms with van der Waals surface area (Å²) in [5.74, 6) is -1.72. The molecule has 1 amide bonds. The Kier molecular flexibility index (Phi) is 3.72. The van der Waals surface area contributed by atoms with Gasteiger partial charge in [0.05, 0.1) is 20.3 Å². The van der Waals surface area contributed by atoms with E-state index in [4.69, 9.17) is 9.47 Å². The van der Waals surface area contributed by atoms with Crippen LogP contribution in [0.2, 0.25) is 0 Å². The number of benzene rings is 1. The minimum Gasteiger partial charge on any atom is -0.468 e. The molecule has 0 fully saturated rings. The number of hydrogen-bond acceptors (Lipinski definition) is 5. The van der Waals surface area contributed by atoms with E-state index < -0.39 is 23.4 Å². The highest BCUT2D eigenvalue weighted by atomic mass is 16.5. The lowest BCUT2D eigenvalue weighted by molar-refractivity contribution is -0.172. The first kappa shape index (κ1) is 15.0. The van der Waals surface area contributed by atoms with Gasteiger partial charge in [-0.3, -0.25) is 14.4 Å². The van der Waals surface area contributed by atoms with Crippen molar-refractivity contribution in [3.8, 4) is 0 Å². The lowest BCUT2D eigenvalue weighted by Gasteiger charge is -2.34. The fraction of sp³-hybridized carbons (Fsp3) is 0.400. The Bertz CT molecular complexity index is 594. The molecular weight excluding hydrogens is 274 g/mol. The molecule has 1 atom stereocenters. The minimum atomic E-state index is -1.62. The van der Waals surface area contributed by atoms with Crippen LogP contribution in [0.25, 0.3) is 0 Å². The van der Waals surface area contributed by atoms with Crippen LogP contribution in [0.5, 0.6) is 0 Å². The number of rotatable bonds is 3. The second-order valence-corrected chi connectivity index (χ2v) is 5.09. The summed E-state index contributed by atoms with van der Waals surface area (Å²) < 4.78 is 9.54. The maximum atomic E-state index is 12.3. The summed E-state index contributed by atoms with van der Waals surface area (Å²) >= 11 is 0. The third-order valence-electron chi connectivity index (χ3n) is 3.96. The van der Waals surface area contributed by atoms with Crippen LogP contribution >= 0.6 is 0 Å². The molecule has 1 aliphatic heterocycles. The summed E-state index contributed by atoms with van der Waals surface area (Å²) in [6, 6.07) is 6.13. The Morgan fingerprint density at radius 1 is 1.14 bits per heavy atom. The molecule has 0 spiro atoms. The predicted molar refractivity (Wildman–Crippen MR) is 73.4 cm³/mol. The molecule has 112 valence electrons. The van der Waals surface area contributed by atoms with Crippen LogP contribution in [0.4, 0.5) is 0 Å². The van der Waals surface area contributed by atoms with E-state index in [0.717, 1.165) is 0 Å². The van der Waals surface area contributed by atoms with E-state index in [1.165, 1.54) is 26.0 Å². The number of carbonyl (C=O) groups is 3. The number of carbonyl (C=O) groups excluding carboxylic acids is 3. The molecule has 2 rings (SSSR count). The van der Waals surface area contributed by atoms with Crippen LogP contribution in [0.1, 0.15) is 28.9 Å². The average Bonchev–Trinajstić information content (AvgIpc) is 2.77. The first-order valence-corrected chi connectivity index (χ1v) is 6.42. The molecule has 0 radical (unpaired) electrons. The second-order valence-electron chi connectivity index (χ2n) is 5.09. The fourth-order valence-corrected chi connectivity index (χ4v) is 2.88. The second kappa shape index (κ2) is 5.20. The van der Waals surface area contributed by atoms with Crippen molar-refractivity contribution in [2.24, 2.45) is 5.41 Å². The molecule has 6 nitrogen and oxygen atoms in total. The van der Waals surface area contributed by atoms with Crippen molar-refractivity contribution in [2.75, 3.05) is 21.3 Å². The Morgan fingerprint density at radius 3 is 2.19 bits per heavy atom. The number of methoxy groups -OCH3 is 2. The maximum absolute atomic E-state index is 12.3. The van der Waals surface area contributed by atoms with Gasteiger partial charge in [0.25, 0.3) is 5.91 Å². The normalized spacial score (nSPS) is 17.4. The van der Waals surface area contributed by atoms with Crippen LogP contribution in [0, 0.1) is 5.41 Å². The van der Waals surface area contributed by atoms with Gasteiger partial charge in [0.1, 0.15) is 0 Å². The summed E-state index contributed by atoms with van der Waals surface area (Å²) in [6.07, 6.45) is 0. The summed E-state index contributed by atoms with van der Waals surface area (Å²) in [5, 5.41) is 0. The van der Waals surface area contributed by atoms with Crippen molar-refractivity contribution in [1.29, 1.82) is 0 Å². The molecule has 1 aromatic carbocycles. The molecule has 0 aliphatic carbocycles. The standard InChI is InChI=1S/C15H17NO5/c1-15(13(18)20-3,14(19)21-4)11-9-7-5-6-8-10(9)12(17)16(11)2/h5-8,11H,1-4H3. The number of hydrogen-bond donors (Lipinski definition) is 0. The van der Waals surface area contributed by atoms with Crippen LogP contribution in [0.15, 0.2) is 24.3 Å². The maximum Gasteiger partial charge on any atom is 0.325 e. The van der Waals surface area contributed by atoms with Crippen molar-refractivity contribution in [2.45, 2.75) is 13.0 Å². The van der Waals surface area contributed by atoms with Gasteiger partial charge in [-0.2, -0.15) is 0 Å². The molecule has 21 heavy (non-hydrogen) atoms. The summed E-state index contributed by atoms with van der Waals surface area (Å²) in [6.45, 7) is 1.43. The molecule has 6 heteroatoms. The lowest BCUT2D eigenvalue weighted by Crippen LogP contribution is -2.48. The first-order valence-electron chi connectivity index (χ1n) is 6.42. The summed E-state index contributed by atoms with van der Waals surface area (Å²) in [5.41, 5.74) is -0.534. The minimum absolute atomic E-state index is 0.241. The third kappa shape index (κ3) is 1.98. The number of ether oxygens (including phenoxy) is 2. The van der Waals surface area contributed by atoms with Crippen molar-refractivity contribution in [3.05, 3.63) is 35.4 Å². The van der Waals surface area contributed by atoms with Gasteiger partial charge in [-0.1, -0.05) is 18.2 Å². The highest BCUT2D eigenvalue weighted by molar-refractivity contribution is 6.05. The quantitative estimate of drug-likeness (QED) is 0.617. The SMILES string of the molecule is COC(=O)C(C)(C(=O)OC)C1c2ccccc2C(=O)N1C. The van der Waals surface area contributed by atoms with E-state index in [-0.39, 0.29) is 5.91 Å². The Balaban J connectivity index is 2.64. The zero-order chi connectivity index (χ0) is 15.8. The van der Waals surface area contributed by atoms with E-state index in [9.17, 15) is 14.4 Å². The summed E-state index contributed by atoms with van der Waals surface area (Å²) in [4.78, 5) is 38.1. The van der Waals surface area contributed by atoms with E-state index in [1.807, 2.05) is 0 Å². The first-order chi connectivity index (χ1) is 9.89. The van der Waals surface area contributed by atoms with Gasteiger partial charge in [-0.25, -0.2) is 0 Å². The molecule has 0 N–H and O–H groups in total. The predicted octanol–water partition coefficient (Wildman–Crippen LogP) is 1.17. The Labute approximate surface area is 122 Å². The molecule has 0 saturated carbocycles. The molecule has 1 unspecified atom stereocenters. The largest absolute Gasteiger partial charge is 0.468 e. The van der Waals surface area contributed by atoms with Gasteiger partial charge in [0.2, 0.25) is 0 Å².